The molecule has 1 aromatic heterocycles. The summed E-state index contributed by atoms with van der Waals surface area (Å²) in [5, 5.41) is 10.8. The van der Waals surface area contributed by atoms with E-state index in [0.717, 1.165) is 21.3 Å². The molecule has 148 valence electrons. The second-order valence-electron chi connectivity index (χ2n) is 6.46. The summed E-state index contributed by atoms with van der Waals surface area (Å²) in [5.74, 6) is -2.16. The molecule has 1 heterocycles. The summed E-state index contributed by atoms with van der Waals surface area (Å²) in [6.07, 6.45) is 0. The fourth-order valence-electron chi connectivity index (χ4n) is 3.16. The Bertz CT molecular complexity index is 1340. The largest absolute Gasteiger partial charge is 0.493 e. The molecule has 0 aliphatic rings. The topological polar surface area (TPSA) is 81.3 Å². The Kier molecular flexibility index (Phi) is 4.85. The van der Waals surface area contributed by atoms with E-state index < -0.39 is 34.3 Å². The highest BCUT2D eigenvalue weighted by Crippen LogP contribution is 2.20. The van der Waals surface area contributed by atoms with E-state index in [2.05, 4.69) is 0 Å². The maximum absolute atomic E-state index is 13.3. The van der Waals surface area contributed by atoms with Crippen molar-refractivity contribution in [3.63, 3.8) is 0 Å². The van der Waals surface area contributed by atoms with Crippen LogP contribution >= 0.6 is 0 Å². The fourth-order valence-corrected chi connectivity index (χ4v) is 3.16. The molecule has 1 N–H and O–H groups in total. The van der Waals surface area contributed by atoms with Gasteiger partial charge in [0.15, 0.2) is 0 Å². The van der Waals surface area contributed by atoms with Crippen LogP contribution in [-0.4, -0.2) is 20.0 Å². The maximum atomic E-state index is 13.3. The number of hydrogen-bond acceptors (Lipinski definition) is 4. The standard InChI is InChI=1S/C23H15FN2O4/c24-16-13-11-15(12-14-16)20(27)19-21(28)25(17-7-3-1-4-8-17)23(30)26(22(19)29)18-9-5-2-6-10-18/h1-14,28H. The predicted octanol–water partition coefficient (Wildman–Crippen LogP) is 3.06. The molecule has 30 heavy (non-hydrogen) atoms. The number of benzene rings is 3. The summed E-state index contributed by atoms with van der Waals surface area (Å²) in [7, 11) is 0. The third kappa shape index (κ3) is 3.22. The Balaban J connectivity index is 2.08. The lowest BCUT2D eigenvalue weighted by atomic mass is 10.0. The number of aromatic nitrogens is 2. The Morgan fingerprint density at radius 1 is 0.733 bits per heavy atom. The fraction of sp³-hybridized carbons (Fsp3) is 0. The average molecular weight is 402 g/mol. The van der Waals surface area contributed by atoms with E-state index in [1.807, 2.05) is 0 Å². The van der Waals surface area contributed by atoms with E-state index in [-0.39, 0.29) is 16.9 Å². The van der Waals surface area contributed by atoms with E-state index >= 15 is 0 Å². The number of nitrogens with zero attached hydrogens (tertiary/aromatic N) is 2. The van der Waals surface area contributed by atoms with Gasteiger partial charge in [0.2, 0.25) is 11.7 Å². The van der Waals surface area contributed by atoms with Gasteiger partial charge in [-0.3, -0.25) is 9.59 Å². The van der Waals surface area contributed by atoms with Crippen molar-refractivity contribution in [2.45, 2.75) is 0 Å². The van der Waals surface area contributed by atoms with Crippen molar-refractivity contribution in [3.8, 4) is 17.3 Å². The molecule has 0 saturated carbocycles. The monoisotopic (exact) mass is 402 g/mol. The second kappa shape index (κ2) is 7.63. The van der Waals surface area contributed by atoms with Crippen molar-refractivity contribution in [2.24, 2.45) is 0 Å². The molecule has 0 saturated heterocycles. The number of rotatable bonds is 4. The van der Waals surface area contributed by atoms with E-state index in [1.165, 1.54) is 12.1 Å². The van der Waals surface area contributed by atoms with Crippen LogP contribution in [0.1, 0.15) is 15.9 Å². The Hall–Kier alpha value is -4.26. The summed E-state index contributed by atoms with van der Waals surface area (Å²) >= 11 is 0. The zero-order chi connectivity index (χ0) is 21.3. The molecule has 0 bridgehead atoms. The van der Waals surface area contributed by atoms with Gasteiger partial charge in [-0.1, -0.05) is 36.4 Å². The van der Waals surface area contributed by atoms with Crippen LogP contribution in [0.2, 0.25) is 0 Å². The van der Waals surface area contributed by atoms with Crippen LogP contribution in [0.3, 0.4) is 0 Å². The van der Waals surface area contributed by atoms with Gasteiger partial charge in [0, 0.05) is 5.56 Å². The number of carbonyl (C=O) groups excluding carboxylic acids is 1. The number of halogens is 1. The molecular weight excluding hydrogens is 387 g/mol. The average Bonchev–Trinajstić information content (AvgIpc) is 2.75. The second-order valence-corrected chi connectivity index (χ2v) is 6.46. The molecule has 6 nitrogen and oxygen atoms in total. The van der Waals surface area contributed by atoms with Gasteiger partial charge in [-0.15, -0.1) is 0 Å². The number of aromatic hydroxyl groups is 1. The SMILES string of the molecule is O=C(c1ccc(F)cc1)c1c(O)n(-c2ccccc2)c(=O)n(-c2ccccc2)c1=O. The zero-order valence-electron chi connectivity index (χ0n) is 15.5. The minimum atomic E-state index is -0.967. The molecule has 3 aromatic carbocycles. The molecular formula is C23H15FN2O4. The highest BCUT2D eigenvalue weighted by Gasteiger charge is 2.26. The van der Waals surface area contributed by atoms with Crippen LogP contribution < -0.4 is 11.2 Å². The van der Waals surface area contributed by atoms with Crippen molar-refractivity contribution in [2.75, 3.05) is 0 Å². The summed E-state index contributed by atoms with van der Waals surface area (Å²) in [6, 6.07) is 20.8. The molecule has 4 aromatic rings. The van der Waals surface area contributed by atoms with Crippen LogP contribution in [0.25, 0.3) is 11.4 Å². The Morgan fingerprint density at radius 2 is 1.23 bits per heavy atom. The van der Waals surface area contributed by atoms with Gasteiger partial charge in [0.25, 0.3) is 5.56 Å². The lowest BCUT2D eigenvalue weighted by Crippen LogP contribution is -2.41. The van der Waals surface area contributed by atoms with Crippen molar-refractivity contribution < 1.29 is 14.3 Å². The molecule has 0 atom stereocenters. The van der Waals surface area contributed by atoms with Gasteiger partial charge in [-0.05, 0) is 48.5 Å². The summed E-state index contributed by atoms with van der Waals surface area (Å²) in [4.78, 5) is 39.4. The van der Waals surface area contributed by atoms with Crippen molar-refractivity contribution >= 4 is 5.78 Å². The van der Waals surface area contributed by atoms with Crippen LogP contribution in [0.15, 0.2) is 94.5 Å². The minimum Gasteiger partial charge on any atom is -0.493 e. The molecule has 0 amide bonds. The first-order valence-corrected chi connectivity index (χ1v) is 9.01. The van der Waals surface area contributed by atoms with Gasteiger partial charge in [-0.25, -0.2) is 18.3 Å². The lowest BCUT2D eigenvalue weighted by Gasteiger charge is -2.15. The molecule has 0 aliphatic heterocycles. The normalized spacial score (nSPS) is 10.7. The summed E-state index contributed by atoms with van der Waals surface area (Å²) in [5.41, 5.74) is -1.87. The molecule has 4 rings (SSSR count). The van der Waals surface area contributed by atoms with Crippen LogP contribution in [0.5, 0.6) is 5.88 Å². The Labute approximate surface area is 169 Å². The molecule has 0 aliphatic carbocycles. The number of ketones is 1. The van der Waals surface area contributed by atoms with Gasteiger partial charge in [-0.2, -0.15) is 0 Å². The van der Waals surface area contributed by atoms with E-state index in [4.69, 9.17) is 0 Å². The number of hydrogen-bond donors (Lipinski definition) is 1. The third-order valence-corrected chi connectivity index (χ3v) is 4.60. The van der Waals surface area contributed by atoms with E-state index in [0.29, 0.717) is 0 Å². The highest BCUT2D eigenvalue weighted by atomic mass is 19.1. The van der Waals surface area contributed by atoms with Crippen LogP contribution in [0.4, 0.5) is 4.39 Å². The summed E-state index contributed by atoms with van der Waals surface area (Å²) in [6.45, 7) is 0. The molecule has 0 spiro atoms. The van der Waals surface area contributed by atoms with Gasteiger partial charge in [0.05, 0.1) is 11.4 Å². The minimum absolute atomic E-state index is 0.00155. The smallest absolute Gasteiger partial charge is 0.343 e. The first kappa shape index (κ1) is 19.1. The lowest BCUT2D eigenvalue weighted by molar-refractivity contribution is 0.103. The van der Waals surface area contributed by atoms with Crippen molar-refractivity contribution in [1.82, 2.24) is 9.13 Å². The van der Waals surface area contributed by atoms with E-state index in [1.54, 1.807) is 60.7 Å². The van der Waals surface area contributed by atoms with Crippen LogP contribution in [0, 0.1) is 5.82 Å². The van der Waals surface area contributed by atoms with Crippen molar-refractivity contribution in [1.29, 1.82) is 0 Å². The molecule has 0 radical (unpaired) electrons. The first-order valence-electron chi connectivity index (χ1n) is 9.01. The predicted molar refractivity (Wildman–Crippen MR) is 109 cm³/mol. The molecule has 0 unspecified atom stereocenters. The van der Waals surface area contributed by atoms with Crippen LogP contribution in [-0.2, 0) is 0 Å². The number of para-hydroxylation sites is 2. The quantitative estimate of drug-likeness (QED) is 0.532. The molecule has 7 heteroatoms. The van der Waals surface area contributed by atoms with Crippen molar-refractivity contribution in [3.05, 3.63) is 123 Å². The van der Waals surface area contributed by atoms with Gasteiger partial charge >= 0.3 is 5.69 Å². The maximum Gasteiger partial charge on any atom is 0.343 e. The zero-order valence-corrected chi connectivity index (χ0v) is 15.5. The highest BCUT2D eigenvalue weighted by molar-refractivity contribution is 6.10. The third-order valence-electron chi connectivity index (χ3n) is 4.60. The number of carbonyl (C=O) groups is 1. The van der Waals surface area contributed by atoms with Gasteiger partial charge in [0.1, 0.15) is 11.4 Å². The van der Waals surface area contributed by atoms with E-state index in [9.17, 15) is 23.9 Å². The molecule has 0 fully saturated rings. The summed E-state index contributed by atoms with van der Waals surface area (Å²) < 4.78 is 15.0. The first-order chi connectivity index (χ1) is 14.5. The van der Waals surface area contributed by atoms with Gasteiger partial charge < -0.3 is 5.11 Å². The Morgan fingerprint density at radius 3 is 1.77 bits per heavy atom.